The highest BCUT2D eigenvalue weighted by Crippen LogP contribution is 2.28. The lowest BCUT2D eigenvalue weighted by atomic mass is 10.00. The van der Waals surface area contributed by atoms with Crippen LogP contribution in [-0.2, 0) is 43.3 Å². The van der Waals surface area contributed by atoms with E-state index in [1.165, 1.54) is 12.1 Å². The molecule has 1 heterocycles. The standard InChI is InChI=1S/C29H31F3N2O5/c30-25-7-5-22(6-8-25)18-26(35)17-21-1-3-23(4-2-21)20-39-27(36)19-24(28(37)38-16-12-33)9-13-34-14-10-29(31,32)11-15-34/h1-8,24H,9-11,13-20H2/t24-/m1/s1. The zero-order chi connectivity index (χ0) is 28.3. The number of carbonyl (C=O) groups excluding carboxylic acids is 3. The van der Waals surface area contributed by atoms with Crippen molar-refractivity contribution in [3.8, 4) is 6.07 Å². The number of carbonyl (C=O) groups is 3. The van der Waals surface area contributed by atoms with Gasteiger partial charge in [0.15, 0.2) is 6.61 Å². The van der Waals surface area contributed by atoms with Crippen molar-refractivity contribution < 1.29 is 37.0 Å². The molecule has 0 aliphatic carbocycles. The van der Waals surface area contributed by atoms with E-state index in [9.17, 15) is 27.6 Å². The molecule has 0 N–H and O–H groups in total. The van der Waals surface area contributed by atoms with Gasteiger partial charge in [-0.2, -0.15) is 5.26 Å². The molecule has 39 heavy (non-hydrogen) atoms. The van der Waals surface area contributed by atoms with Gasteiger partial charge in [0.05, 0.1) is 12.3 Å². The fraction of sp³-hybridized carbons (Fsp3) is 0.448. The van der Waals surface area contributed by atoms with E-state index < -0.39 is 30.4 Å². The molecule has 0 radical (unpaired) electrons. The van der Waals surface area contributed by atoms with Crippen LogP contribution in [0.3, 0.4) is 0 Å². The normalized spacial score (nSPS) is 15.6. The van der Waals surface area contributed by atoms with Gasteiger partial charge < -0.3 is 14.4 Å². The number of ether oxygens (including phenoxy) is 2. The molecule has 3 rings (SSSR count). The molecule has 0 spiro atoms. The van der Waals surface area contributed by atoms with Crippen molar-refractivity contribution in [3.63, 3.8) is 0 Å². The topological polar surface area (TPSA) is 96.7 Å². The fourth-order valence-electron chi connectivity index (χ4n) is 4.26. The van der Waals surface area contributed by atoms with E-state index in [4.69, 9.17) is 14.7 Å². The summed E-state index contributed by atoms with van der Waals surface area (Å²) in [7, 11) is 0. The maximum atomic E-state index is 13.4. The van der Waals surface area contributed by atoms with Gasteiger partial charge in [0, 0.05) is 38.8 Å². The highest BCUT2D eigenvalue weighted by atomic mass is 19.3. The molecule has 0 aromatic heterocycles. The number of alkyl halides is 2. The number of halogens is 3. The number of nitriles is 1. The predicted molar refractivity (Wildman–Crippen MR) is 135 cm³/mol. The summed E-state index contributed by atoms with van der Waals surface area (Å²) >= 11 is 0. The molecule has 0 bridgehead atoms. The van der Waals surface area contributed by atoms with Gasteiger partial charge in [0.2, 0.25) is 0 Å². The van der Waals surface area contributed by atoms with Gasteiger partial charge in [-0.25, -0.2) is 13.2 Å². The zero-order valence-electron chi connectivity index (χ0n) is 21.5. The summed E-state index contributed by atoms with van der Waals surface area (Å²) in [5, 5.41) is 8.69. The first kappa shape index (κ1) is 29.8. The van der Waals surface area contributed by atoms with E-state index in [1.54, 1.807) is 42.5 Å². The third kappa shape index (κ3) is 10.5. The van der Waals surface area contributed by atoms with E-state index in [0.29, 0.717) is 12.1 Å². The van der Waals surface area contributed by atoms with Gasteiger partial charge in [-0.05, 0) is 41.8 Å². The second-order valence-electron chi connectivity index (χ2n) is 9.65. The summed E-state index contributed by atoms with van der Waals surface area (Å²) in [6.45, 7) is 0.260. The lowest BCUT2D eigenvalue weighted by Gasteiger charge is -2.32. The number of esters is 2. The lowest BCUT2D eigenvalue weighted by molar-refractivity contribution is -0.155. The number of ketones is 1. The molecule has 0 unspecified atom stereocenters. The molecule has 1 saturated heterocycles. The van der Waals surface area contributed by atoms with E-state index in [2.05, 4.69) is 0 Å². The van der Waals surface area contributed by atoms with Crippen molar-refractivity contribution in [2.24, 2.45) is 5.92 Å². The SMILES string of the molecule is N#CCOC(=O)[C@H](CCN1CCC(F)(F)CC1)CC(=O)OCc1ccc(CC(=O)Cc2ccc(F)cc2)cc1. The molecular formula is C29H31F3N2O5. The molecule has 2 aromatic carbocycles. The molecule has 0 amide bonds. The Morgan fingerprint density at radius 3 is 2.08 bits per heavy atom. The Hall–Kier alpha value is -3.71. The number of piperidine rings is 1. The predicted octanol–water partition coefficient (Wildman–Crippen LogP) is 4.42. The maximum Gasteiger partial charge on any atom is 0.310 e. The van der Waals surface area contributed by atoms with Crippen LogP contribution in [-0.4, -0.2) is 54.8 Å². The second kappa shape index (κ2) is 14.4. The van der Waals surface area contributed by atoms with Crippen molar-refractivity contribution >= 4 is 17.7 Å². The fourth-order valence-corrected chi connectivity index (χ4v) is 4.26. The first-order valence-corrected chi connectivity index (χ1v) is 12.8. The van der Waals surface area contributed by atoms with Gasteiger partial charge in [-0.3, -0.25) is 14.4 Å². The molecule has 1 aliphatic rings. The minimum Gasteiger partial charge on any atom is -0.461 e. The molecule has 10 heteroatoms. The number of nitrogens with zero attached hydrogens (tertiary/aromatic N) is 2. The minimum atomic E-state index is -2.68. The Bertz CT molecular complexity index is 1150. The van der Waals surface area contributed by atoms with E-state index in [1.807, 2.05) is 4.90 Å². The number of hydrogen-bond acceptors (Lipinski definition) is 7. The smallest absolute Gasteiger partial charge is 0.310 e. The largest absolute Gasteiger partial charge is 0.461 e. The summed E-state index contributed by atoms with van der Waals surface area (Å²) in [6, 6.07) is 14.5. The van der Waals surface area contributed by atoms with Crippen molar-refractivity contribution in [3.05, 3.63) is 71.0 Å². The summed E-state index contributed by atoms with van der Waals surface area (Å²) in [5.74, 6) is -5.24. The zero-order valence-corrected chi connectivity index (χ0v) is 21.5. The Morgan fingerprint density at radius 2 is 1.49 bits per heavy atom. The van der Waals surface area contributed by atoms with E-state index >= 15 is 0 Å². The maximum absolute atomic E-state index is 13.4. The first-order chi connectivity index (χ1) is 18.6. The van der Waals surface area contributed by atoms with Gasteiger partial charge in [-0.1, -0.05) is 36.4 Å². The first-order valence-electron chi connectivity index (χ1n) is 12.8. The monoisotopic (exact) mass is 544 g/mol. The van der Waals surface area contributed by atoms with Crippen molar-refractivity contribution in [1.82, 2.24) is 4.90 Å². The van der Waals surface area contributed by atoms with Crippen LogP contribution < -0.4 is 0 Å². The minimum absolute atomic E-state index is 0.0200. The number of hydrogen-bond donors (Lipinski definition) is 0. The third-order valence-electron chi connectivity index (χ3n) is 6.55. The molecule has 1 fully saturated rings. The summed E-state index contributed by atoms with van der Waals surface area (Å²) in [4.78, 5) is 39.0. The van der Waals surface area contributed by atoms with Crippen LogP contribution in [0.4, 0.5) is 13.2 Å². The third-order valence-corrected chi connectivity index (χ3v) is 6.55. The van der Waals surface area contributed by atoms with Crippen LogP contribution in [0.25, 0.3) is 0 Å². The van der Waals surface area contributed by atoms with Crippen molar-refractivity contribution in [1.29, 1.82) is 5.26 Å². The second-order valence-corrected chi connectivity index (χ2v) is 9.65. The van der Waals surface area contributed by atoms with Gasteiger partial charge in [0.1, 0.15) is 24.3 Å². The molecule has 1 atom stereocenters. The number of Topliss-reactive ketones (excluding diaryl/α,β-unsaturated/α-hetero) is 1. The Labute approximate surface area is 225 Å². The van der Waals surface area contributed by atoms with Crippen LogP contribution in [0.1, 0.15) is 42.4 Å². The number of benzene rings is 2. The van der Waals surface area contributed by atoms with Crippen LogP contribution in [0, 0.1) is 23.1 Å². The summed E-state index contributed by atoms with van der Waals surface area (Å²) in [6.07, 6.45) is -0.143. The Kier molecular flexibility index (Phi) is 11.1. The van der Waals surface area contributed by atoms with Gasteiger partial charge in [-0.15, -0.1) is 0 Å². The molecular weight excluding hydrogens is 513 g/mol. The summed E-state index contributed by atoms with van der Waals surface area (Å²) in [5.41, 5.74) is 2.21. The highest BCUT2D eigenvalue weighted by Gasteiger charge is 2.34. The molecule has 1 aliphatic heterocycles. The summed E-state index contributed by atoms with van der Waals surface area (Å²) < 4.78 is 50.0. The van der Waals surface area contributed by atoms with Crippen LogP contribution in [0.15, 0.2) is 48.5 Å². The van der Waals surface area contributed by atoms with Crippen LogP contribution in [0.5, 0.6) is 0 Å². The number of rotatable bonds is 13. The van der Waals surface area contributed by atoms with E-state index in [0.717, 1.165) is 11.1 Å². The average Bonchev–Trinajstić information content (AvgIpc) is 2.91. The van der Waals surface area contributed by atoms with Crippen molar-refractivity contribution in [2.45, 2.75) is 51.1 Å². The molecule has 7 nitrogen and oxygen atoms in total. The van der Waals surface area contributed by atoms with E-state index in [-0.39, 0.29) is 69.8 Å². The quantitative estimate of drug-likeness (QED) is 0.345. The Morgan fingerprint density at radius 1 is 0.923 bits per heavy atom. The van der Waals surface area contributed by atoms with Crippen LogP contribution in [0.2, 0.25) is 0 Å². The Balaban J connectivity index is 1.45. The molecule has 208 valence electrons. The highest BCUT2D eigenvalue weighted by molar-refractivity contribution is 5.83. The molecule has 2 aromatic rings. The molecule has 0 saturated carbocycles. The van der Waals surface area contributed by atoms with Gasteiger partial charge >= 0.3 is 11.9 Å². The lowest BCUT2D eigenvalue weighted by Crippen LogP contribution is -2.40. The van der Waals surface area contributed by atoms with Crippen LogP contribution >= 0.6 is 0 Å². The van der Waals surface area contributed by atoms with Gasteiger partial charge in [0.25, 0.3) is 5.92 Å². The number of likely N-dealkylation sites (tertiary alicyclic amines) is 1. The average molecular weight is 545 g/mol. The van der Waals surface area contributed by atoms with Crippen molar-refractivity contribution in [2.75, 3.05) is 26.2 Å².